The van der Waals surface area contributed by atoms with Crippen molar-refractivity contribution >= 4 is 11.6 Å². The number of likely N-dealkylation sites (N-methyl/N-ethyl adjacent to an activating group) is 1. The monoisotopic (exact) mass is 241 g/mol. The third-order valence-corrected chi connectivity index (χ3v) is 2.69. The van der Waals surface area contributed by atoms with Gasteiger partial charge < -0.3 is 11.1 Å². The second-order valence-electron chi connectivity index (χ2n) is 3.79. The van der Waals surface area contributed by atoms with Crippen LogP contribution in [-0.4, -0.2) is 38.1 Å². The molecule has 0 heterocycles. The number of hydrogen-bond donors (Lipinski definition) is 2. The molecule has 0 spiro atoms. The maximum Gasteiger partial charge on any atom is 0.0406 e. The summed E-state index contributed by atoms with van der Waals surface area (Å²) < 4.78 is 0. The summed E-state index contributed by atoms with van der Waals surface area (Å²) in [4.78, 5) is 2.33. The van der Waals surface area contributed by atoms with Gasteiger partial charge in [0.25, 0.3) is 0 Å². The Hall–Kier alpha value is -0.610. The second-order valence-corrected chi connectivity index (χ2v) is 4.23. The van der Waals surface area contributed by atoms with Gasteiger partial charge in [-0.3, -0.25) is 4.90 Å². The maximum absolute atomic E-state index is 5.85. The van der Waals surface area contributed by atoms with E-state index in [4.69, 9.17) is 17.3 Å². The molecule has 4 heteroatoms. The summed E-state index contributed by atoms with van der Waals surface area (Å²) in [7, 11) is 1.96. The lowest BCUT2D eigenvalue weighted by Crippen LogP contribution is -2.34. The molecule has 0 saturated carbocycles. The molecule has 0 aliphatic carbocycles. The first-order valence-corrected chi connectivity index (χ1v) is 5.95. The summed E-state index contributed by atoms with van der Waals surface area (Å²) in [5.41, 5.74) is 6.87. The molecule has 16 heavy (non-hydrogen) atoms. The van der Waals surface area contributed by atoms with Gasteiger partial charge in [-0.25, -0.2) is 0 Å². The number of nitrogens with two attached hydrogens (primary N) is 1. The van der Waals surface area contributed by atoms with Crippen LogP contribution in [0.5, 0.6) is 0 Å². The van der Waals surface area contributed by atoms with Crippen LogP contribution < -0.4 is 11.1 Å². The van der Waals surface area contributed by atoms with Crippen molar-refractivity contribution in [2.75, 3.05) is 33.2 Å². The second kappa shape index (κ2) is 7.63. The Labute approximate surface area is 103 Å². The molecule has 0 unspecified atom stereocenters. The lowest BCUT2D eigenvalue weighted by molar-refractivity contribution is 0.275. The summed E-state index contributed by atoms with van der Waals surface area (Å²) in [6, 6.07) is 7.97. The number of nitrogens with one attached hydrogen (secondary N) is 1. The number of benzene rings is 1. The van der Waals surface area contributed by atoms with E-state index in [0.29, 0.717) is 6.54 Å². The van der Waals surface area contributed by atoms with Crippen molar-refractivity contribution in [3.8, 4) is 0 Å². The summed E-state index contributed by atoms with van der Waals surface area (Å²) in [6.45, 7) is 4.53. The largest absolute Gasteiger partial charge is 0.329 e. The number of nitrogens with zero attached hydrogens (tertiary/aromatic N) is 1. The van der Waals surface area contributed by atoms with Gasteiger partial charge in [-0.05, 0) is 24.7 Å². The average Bonchev–Trinajstić information content (AvgIpc) is 2.29. The lowest BCUT2D eigenvalue weighted by atomic mass is 10.2. The fourth-order valence-corrected chi connectivity index (χ4v) is 1.70. The molecule has 0 amide bonds. The molecule has 1 rings (SSSR count). The lowest BCUT2D eigenvalue weighted by Gasteiger charge is -2.21. The minimum atomic E-state index is 0.692. The minimum absolute atomic E-state index is 0.692. The van der Waals surface area contributed by atoms with Gasteiger partial charge in [0.15, 0.2) is 0 Å². The predicted molar refractivity (Wildman–Crippen MR) is 69.7 cm³/mol. The Morgan fingerprint density at radius 3 is 2.50 bits per heavy atom. The van der Waals surface area contributed by atoms with Gasteiger partial charge >= 0.3 is 0 Å². The van der Waals surface area contributed by atoms with E-state index in [2.05, 4.69) is 22.3 Å². The van der Waals surface area contributed by atoms with Crippen LogP contribution in [0, 0.1) is 0 Å². The van der Waals surface area contributed by atoms with E-state index < -0.39 is 0 Å². The molecular weight excluding hydrogens is 222 g/mol. The number of rotatable bonds is 7. The average molecular weight is 242 g/mol. The molecule has 0 fully saturated rings. The highest BCUT2D eigenvalue weighted by Crippen LogP contribution is 2.11. The summed E-state index contributed by atoms with van der Waals surface area (Å²) in [5, 5.41) is 3.93. The molecule has 0 aliphatic heterocycles. The fraction of sp³-hybridized carbons (Fsp3) is 0.500. The van der Waals surface area contributed by atoms with Gasteiger partial charge in [-0.1, -0.05) is 23.7 Å². The third-order valence-electron chi connectivity index (χ3n) is 2.44. The van der Waals surface area contributed by atoms with Crippen molar-refractivity contribution in [3.05, 3.63) is 34.9 Å². The highest BCUT2D eigenvalue weighted by molar-refractivity contribution is 6.30. The molecule has 0 aromatic heterocycles. The zero-order chi connectivity index (χ0) is 11.8. The standard InChI is InChI=1S/C12H20ClN3/c1-15-7-9-16(8-6-14)10-11-2-4-12(13)5-3-11/h2-5,15H,6-10,14H2,1H3. The van der Waals surface area contributed by atoms with Gasteiger partial charge in [-0.15, -0.1) is 0 Å². The van der Waals surface area contributed by atoms with Crippen LogP contribution in [0.25, 0.3) is 0 Å². The van der Waals surface area contributed by atoms with Crippen LogP contribution in [0.3, 0.4) is 0 Å². The zero-order valence-corrected chi connectivity index (χ0v) is 10.5. The molecule has 0 bridgehead atoms. The van der Waals surface area contributed by atoms with Gasteiger partial charge in [-0.2, -0.15) is 0 Å². The fourth-order valence-electron chi connectivity index (χ4n) is 1.57. The van der Waals surface area contributed by atoms with Crippen molar-refractivity contribution < 1.29 is 0 Å². The van der Waals surface area contributed by atoms with Crippen LogP contribution in [0.2, 0.25) is 5.02 Å². The Morgan fingerprint density at radius 2 is 1.94 bits per heavy atom. The van der Waals surface area contributed by atoms with Gasteiger partial charge in [0.2, 0.25) is 0 Å². The zero-order valence-electron chi connectivity index (χ0n) is 9.75. The molecule has 0 saturated heterocycles. The molecule has 1 aromatic carbocycles. The highest BCUT2D eigenvalue weighted by atomic mass is 35.5. The SMILES string of the molecule is CNCCN(CCN)Cc1ccc(Cl)cc1. The molecule has 1 aromatic rings. The quantitative estimate of drug-likeness (QED) is 0.757. The normalized spacial score (nSPS) is 11.0. The van der Waals surface area contributed by atoms with Crippen molar-refractivity contribution in [3.63, 3.8) is 0 Å². The molecule has 0 atom stereocenters. The highest BCUT2D eigenvalue weighted by Gasteiger charge is 2.04. The number of hydrogen-bond acceptors (Lipinski definition) is 3. The summed E-state index contributed by atoms with van der Waals surface area (Å²) >= 11 is 5.85. The Bertz CT molecular complexity index is 287. The first-order valence-electron chi connectivity index (χ1n) is 5.57. The van der Waals surface area contributed by atoms with E-state index in [1.165, 1.54) is 5.56 Å². The minimum Gasteiger partial charge on any atom is -0.329 e. The van der Waals surface area contributed by atoms with E-state index in [0.717, 1.165) is 31.2 Å². The molecule has 0 aliphatic rings. The van der Waals surface area contributed by atoms with Crippen LogP contribution >= 0.6 is 11.6 Å². The molecule has 90 valence electrons. The van der Waals surface area contributed by atoms with Crippen molar-refractivity contribution in [1.82, 2.24) is 10.2 Å². The van der Waals surface area contributed by atoms with Gasteiger partial charge in [0.1, 0.15) is 0 Å². The Balaban J connectivity index is 2.49. The van der Waals surface area contributed by atoms with E-state index in [9.17, 15) is 0 Å². The van der Waals surface area contributed by atoms with E-state index in [-0.39, 0.29) is 0 Å². The van der Waals surface area contributed by atoms with Crippen LogP contribution in [0.15, 0.2) is 24.3 Å². The van der Waals surface area contributed by atoms with E-state index >= 15 is 0 Å². The summed E-state index contributed by atoms with van der Waals surface area (Å²) in [6.07, 6.45) is 0. The van der Waals surface area contributed by atoms with Gasteiger partial charge in [0.05, 0.1) is 0 Å². The van der Waals surface area contributed by atoms with Crippen LogP contribution in [0.1, 0.15) is 5.56 Å². The van der Waals surface area contributed by atoms with Crippen molar-refractivity contribution in [2.24, 2.45) is 5.73 Å². The maximum atomic E-state index is 5.85. The smallest absolute Gasteiger partial charge is 0.0406 e. The van der Waals surface area contributed by atoms with E-state index in [1.54, 1.807) is 0 Å². The van der Waals surface area contributed by atoms with Crippen LogP contribution in [-0.2, 0) is 6.54 Å². The molecular formula is C12H20ClN3. The predicted octanol–water partition coefficient (Wildman–Crippen LogP) is 1.32. The third kappa shape index (κ3) is 4.94. The Morgan fingerprint density at radius 1 is 1.25 bits per heavy atom. The Kier molecular flexibility index (Phi) is 6.42. The summed E-state index contributed by atoms with van der Waals surface area (Å²) in [5.74, 6) is 0. The molecule has 0 radical (unpaired) electrons. The first kappa shape index (κ1) is 13.5. The first-order chi connectivity index (χ1) is 7.76. The molecule has 3 N–H and O–H groups in total. The number of halogens is 1. The van der Waals surface area contributed by atoms with Crippen molar-refractivity contribution in [1.29, 1.82) is 0 Å². The molecule has 3 nitrogen and oxygen atoms in total. The van der Waals surface area contributed by atoms with Crippen molar-refractivity contribution in [2.45, 2.75) is 6.54 Å². The topological polar surface area (TPSA) is 41.3 Å². The van der Waals surface area contributed by atoms with Gasteiger partial charge in [0, 0.05) is 37.7 Å². The van der Waals surface area contributed by atoms with Crippen LogP contribution in [0.4, 0.5) is 0 Å². The van der Waals surface area contributed by atoms with E-state index in [1.807, 2.05) is 19.2 Å².